The molecule has 7 rings (SSSR count). The monoisotopic (exact) mass is 630 g/mol. The van der Waals surface area contributed by atoms with E-state index in [0.717, 1.165) is 91.2 Å². The molecule has 0 spiro atoms. The summed E-state index contributed by atoms with van der Waals surface area (Å²) >= 11 is 0. The Hall–Kier alpha value is -3.85. The van der Waals surface area contributed by atoms with Gasteiger partial charge < -0.3 is 15.1 Å². The fraction of sp³-hybridized carbons (Fsp3) is 0.459. The van der Waals surface area contributed by atoms with Gasteiger partial charge in [0.05, 0.1) is 0 Å². The second-order valence-electron chi connectivity index (χ2n) is 13.3. The summed E-state index contributed by atoms with van der Waals surface area (Å²) in [5.74, 6) is -0.425. The van der Waals surface area contributed by atoms with Gasteiger partial charge in [-0.2, -0.15) is 13.2 Å². The molecule has 0 unspecified atom stereocenters. The molecular weight excluding hydrogens is 589 g/mol. The molecule has 2 aliphatic carbocycles. The lowest BCUT2D eigenvalue weighted by molar-refractivity contribution is -0.141. The van der Waals surface area contributed by atoms with E-state index in [1.807, 2.05) is 48.5 Å². The van der Waals surface area contributed by atoms with Crippen LogP contribution in [0.2, 0.25) is 0 Å². The normalized spacial score (nSPS) is 19.6. The third-order valence-corrected chi connectivity index (χ3v) is 10.6. The molecule has 2 heterocycles. The first kappa shape index (κ1) is 30.8. The Labute approximate surface area is 268 Å². The van der Waals surface area contributed by atoms with Crippen molar-refractivity contribution in [3.8, 4) is 11.1 Å². The zero-order valence-corrected chi connectivity index (χ0v) is 26.1. The summed E-state index contributed by atoms with van der Waals surface area (Å²) in [6.45, 7) is 3.42. The molecule has 6 nitrogen and oxygen atoms in total. The smallest absolute Gasteiger partial charge is 0.369 e. The van der Waals surface area contributed by atoms with E-state index in [4.69, 9.17) is 0 Å². The number of carbonyl (C=O) groups excluding carboxylic acids is 2. The molecule has 9 heteroatoms. The maximum absolute atomic E-state index is 13.8. The summed E-state index contributed by atoms with van der Waals surface area (Å²) < 4.78 is 39.6. The van der Waals surface area contributed by atoms with Gasteiger partial charge in [0.1, 0.15) is 12.0 Å². The number of alkyl halides is 3. The van der Waals surface area contributed by atoms with Gasteiger partial charge in [-0.25, -0.2) is 0 Å². The zero-order chi connectivity index (χ0) is 31.9. The molecule has 0 bridgehead atoms. The molecule has 242 valence electrons. The van der Waals surface area contributed by atoms with Crippen LogP contribution < -0.4 is 10.2 Å². The second kappa shape index (κ2) is 12.4. The predicted octanol–water partition coefficient (Wildman–Crippen LogP) is 6.52. The maximum Gasteiger partial charge on any atom is 0.405 e. The standard InChI is InChI=1S/C37H41F3N4O2/c38-37(39,40)25-41-35(46)36(32-13-6-4-11-29(32)30-12-5-7-14-33(30)36)17-8-18-42-19-21-43(22-20-42)28-16-15-26-24-44(34(45)31(26)23-28)27-9-2-1-3-10-27/h4-7,11-16,23,27H,1-3,8-10,17-22,24-25H2,(H,41,46). The molecule has 2 amide bonds. The van der Waals surface area contributed by atoms with Gasteiger partial charge >= 0.3 is 6.18 Å². The van der Waals surface area contributed by atoms with Gasteiger partial charge in [0.15, 0.2) is 0 Å². The van der Waals surface area contributed by atoms with Crippen molar-refractivity contribution < 1.29 is 22.8 Å². The summed E-state index contributed by atoms with van der Waals surface area (Å²) in [5.41, 5.74) is 5.23. The third kappa shape index (κ3) is 5.67. The number of nitrogens with one attached hydrogen (secondary N) is 1. The summed E-state index contributed by atoms with van der Waals surface area (Å²) in [6, 6.07) is 21.9. The number of rotatable bonds is 8. The second-order valence-corrected chi connectivity index (χ2v) is 13.3. The van der Waals surface area contributed by atoms with Gasteiger partial charge in [0, 0.05) is 50.0 Å². The van der Waals surface area contributed by atoms with E-state index in [1.165, 1.54) is 19.3 Å². The summed E-state index contributed by atoms with van der Waals surface area (Å²) in [7, 11) is 0. The maximum atomic E-state index is 13.8. The zero-order valence-electron chi connectivity index (χ0n) is 26.1. The van der Waals surface area contributed by atoms with Gasteiger partial charge in [-0.05, 0) is 72.2 Å². The Balaban J connectivity index is 1.01. The molecule has 1 N–H and O–H groups in total. The quantitative estimate of drug-likeness (QED) is 0.308. The number of amides is 2. The van der Waals surface area contributed by atoms with Crippen molar-refractivity contribution in [3.63, 3.8) is 0 Å². The molecule has 1 saturated carbocycles. The van der Waals surface area contributed by atoms with Crippen molar-refractivity contribution >= 4 is 17.5 Å². The van der Waals surface area contributed by atoms with Crippen molar-refractivity contribution in [2.75, 3.05) is 44.2 Å². The number of fused-ring (bicyclic) bond motifs is 4. The number of halogens is 3. The lowest BCUT2D eigenvalue weighted by atomic mass is 9.73. The minimum Gasteiger partial charge on any atom is -0.369 e. The number of hydrogen-bond acceptors (Lipinski definition) is 4. The first-order valence-corrected chi connectivity index (χ1v) is 16.7. The van der Waals surface area contributed by atoms with Crippen molar-refractivity contribution in [2.24, 2.45) is 0 Å². The van der Waals surface area contributed by atoms with Crippen molar-refractivity contribution in [3.05, 3.63) is 89.0 Å². The fourth-order valence-corrected chi connectivity index (χ4v) is 8.28. The van der Waals surface area contributed by atoms with E-state index < -0.39 is 24.0 Å². The van der Waals surface area contributed by atoms with Crippen LogP contribution in [0, 0.1) is 0 Å². The van der Waals surface area contributed by atoms with Crippen molar-refractivity contribution in [1.29, 1.82) is 0 Å². The Morgan fingerprint density at radius 1 is 0.848 bits per heavy atom. The van der Waals surface area contributed by atoms with Crippen LogP contribution in [0.1, 0.15) is 72.0 Å². The van der Waals surface area contributed by atoms with Crippen LogP contribution in [0.25, 0.3) is 11.1 Å². The molecular formula is C37H41F3N4O2. The van der Waals surface area contributed by atoms with Gasteiger partial charge in [-0.1, -0.05) is 73.9 Å². The number of hydrogen-bond donors (Lipinski definition) is 1. The predicted molar refractivity (Wildman–Crippen MR) is 173 cm³/mol. The minimum atomic E-state index is -4.49. The van der Waals surface area contributed by atoms with Crippen molar-refractivity contribution in [1.82, 2.24) is 15.1 Å². The van der Waals surface area contributed by atoms with E-state index in [2.05, 4.69) is 38.2 Å². The van der Waals surface area contributed by atoms with E-state index >= 15 is 0 Å². The van der Waals surface area contributed by atoms with Crippen LogP contribution in [0.15, 0.2) is 66.7 Å². The van der Waals surface area contributed by atoms with Crippen LogP contribution in [-0.4, -0.2) is 73.1 Å². The first-order valence-electron chi connectivity index (χ1n) is 16.7. The van der Waals surface area contributed by atoms with E-state index in [-0.39, 0.29) is 5.91 Å². The average Bonchev–Trinajstić information content (AvgIpc) is 3.56. The molecule has 3 aromatic rings. The topological polar surface area (TPSA) is 55.9 Å². The minimum absolute atomic E-state index is 0.172. The fourth-order valence-electron chi connectivity index (χ4n) is 8.28. The lowest BCUT2D eigenvalue weighted by Gasteiger charge is -2.37. The molecule has 1 saturated heterocycles. The highest BCUT2D eigenvalue weighted by Crippen LogP contribution is 2.51. The largest absolute Gasteiger partial charge is 0.405 e. The number of anilines is 1. The highest BCUT2D eigenvalue weighted by atomic mass is 19.4. The van der Waals surface area contributed by atoms with Gasteiger partial charge in [-0.15, -0.1) is 0 Å². The third-order valence-electron chi connectivity index (χ3n) is 10.6. The lowest BCUT2D eigenvalue weighted by Crippen LogP contribution is -2.48. The Kier molecular flexibility index (Phi) is 8.30. The van der Waals surface area contributed by atoms with Gasteiger partial charge in [-0.3, -0.25) is 14.5 Å². The molecule has 2 fully saturated rings. The molecule has 3 aromatic carbocycles. The molecule has 4 aliphatic rings. The van der Waals surface area contributed by atoms with Gasteiger partial charge in [0.25, 0.3) is 5.91 Å². The first-order chi connectivity index (χ1) is 22.2. The number of benzene rings is 3. The van der Waals surface area contributed by atoms with Crippen LogP contribution in [0.4, 0.5) is 18.9 Å². The van der Waals surface area contributed by atoms with Crippen LogP contribution in [0.5, 0.6) is 0 Å². The van der Waals surface area contributed by atoms with E-state index in [1.54, 1.807) is 0 Å². The van der Waals surface area contributed by atoms with Crippen LogP contribution >= 0.6 is 0 Å². The molecule has 46 heavy (non-hydrogen) atoms. The Morgan fingerprint density at radius 3 is 2.15 bits per heavy atom. The Bertz CT molecular complexity index is 1560. The summed E-state index contributed by atoms with van der Waals surface area (Å²) in [6.07, 6.45) is 2.46. The molecule has 0 atom stereocenters. The van der Waals surface area contributed by atoms with E-state index in [0.29, 0.717) is 18.9 Å². The number of carbonyl (C=O) groups is 2. The summed E-state index contributed by atoms with van der Waals surface area (Å²) in [4.78, 5) is 33.9. The van der Waals surface area contributed by atoms with Crippen LogP contribution in [0.3, 0.4) is 0 Å². The van der Waals surface area contributed by atoms with E-state index in [9.17, 15) is 22.8 Å². The summed E-state index contributed by atoms with van der Waals surface area (Å²) in [5, 5.41) is 2.23. The Morgan fingerprint density at radius 2 is 1.50 bits per heavy atom. The van der Waals surface area contributed by atoms with Crippen molar-refractivity contribution in [2.45, 2.75) is 69.1 Å². The molecule has 0 radical (unpaired) electrons. The van der Waals surface area contributed by atoms with Gasteiger partial charge in [0.2, 0.25) is 5.91 Å². The molecule has 2 aliphatic heterocycles. The number of nitrogens with zero attached hydrogens (tertiary/aromatic N) is 3. The highest BCUT2D eigenvalue weighted by molar-refractivity contribution is 6.01. The SMILES string of the molecule is O=C1c2cc(N3CCN(CCCC4(C(=O)NCC(F)(F)F)c5ccccc5-c5ccccc54)CC3)ccc2CN1C1CCCCC1. The average molecular weight is 631 g/mol. The van der Waals surface area contributed by atoms with Crippen LogP contribution in [-0.2, 0) is 16.8 Å². The number of piperazine rings is 1. The highest BCUT2D eigenvalue weighted by Gasteiger charge is 2.49. The molecule has 0 aromatic heterocycles.